The second-order valence-electron chi connectivity index (χ2n) is 23.9. The van der Waals surface area contributed by atoms with Crippen molar-refractivity contribution in [1.29, 1.82) is 0 Å². The molecule has 0 atom stereocenters. The molecule has 7 aromatic rings. The van der Waals surface area contributed by atoms with Crippen molar-refractivity contribution in [1.82, 2.24) is 0 Å². The molecule has 0 heterocycles. The maximum Gasteiger partial charge on any atom is 0.122 e. The molecule has 70 heavy (non-hydrogen) atoms. The Morgan fingerprint density at radius 2 is 0.486 bits per heavy atom. The molecule has 366 valence electrons. The van der Waals surface area contributed by atoms with E-state index in [9.17, 15) is 30.6 Å². The van der Waals surface area contributed by atoms with E-state index < -0.39 is 5.41 Å². The van der Waals surface area contributed by atoms with Crippen LogP contribution in [0.1, 0.15) is 173 Å². The third kappa shape index (κ3) is 10.9. The maximum atomic E-state index is 12.5. The molecule has 0 unspecified atom stereocenters. The summed E-state index contributed by atoms with van der Waals surface area (Å²) in [5, 5.41) is 70.6. The molecule has 6 nitrogen and oxygen atoms in total. The first-order valence-electron chi connectivity index (χ1n) is 24.6. The molecule has 0 spiro atoms. The van der Waals surface area contributed by atoms with Gasteiger partial charge in [0, 0.05) is 31.1 Å². The fourth-order valence-electron chi connectivity index (χ4n) is 9.50. The summed E-state index contributed by atoms with van der Waals surface area (Å²) in [6.07, 6.45) is 0.890. The van der Waals surface area contributed by atoms with Gasteiger partial charge in [-0.05, 0) is 136 Å². The van der Waals surface area contributed by atoms with Crippen molar-refractivity contribution in [3.05, 3.63) is 211 Å². The van der Waals surface area contributed by atoms with Crippen LogP contribution in [0.3, 0.4) is 0 Å². The van der Waals surface area contributed by atoms with Gasteiger partial charge in [0.05, 0.1) is 0 Å². The molecule has 6 heteroatoms. The van der Waals surface area contributed by atoms with Gasteiger partial charge in [-0.15, -0.1) is 0 Å². The molecule has 6 N–H and O–H groups in total. The zero-order valence-electron chi connectivity index (χ0n) is 43.6. The van der Waals surface area contributed by atoms with Crippen molar-refractivity contribution in [2.75, 3.05) is 0 Å². The lowest BCUT2D eigenvalue weighted by molar-refractivity contribution is 0.455. The van der Waals surface area contributed by atoms with Crippen LogP contribution in [0.25, 0.3) is 0 Å². The summed E-state index contributed by atoms with van der Waals surface area (Å²) in [6, 6.07) is 41.1. The van der Waals surface area contributed by atoms with Crippen molar-refractivity contribution < 1.29 is 30.6 Å². The maximum absolute atomic E-state index is 12.5. The zero-order chi connectivity index (χ0) is 51.3. The van der Waals surface area contributed by atoms with Crippen LogP contribution >= 0.6 is 0 Å². The Morgan fingerprint density at radius 3 is 0.714 bits per heavy atom. The highest BCUT2D eigenvalue weighted by Gasteiger charge is 2.35. The molecule has 0 fully saturated rings. The lowest BCUT2D eigenvalue weighted by Gasteiger charge is -2.34. The molecule has 0 aliphatic carbocycles. The van der Waals surface area contributed by atoms with E-state index in [0.29, 0.717) is 44.5 Å². The molecule has 0 aliphatic heterocycles. The summed E-state index contributed by atoms with van der Waals surface area (Å²) in [6.45, 7) is 27.8. The SMILES string of the molecule is CC(C)(C)c1ccc(O)c(Cc2cc(C(C)(c3ccccc3)c3cc(Cc4cc(C(C)(C)C)ccc4O)c(O)c(Cc4cc(C(C)(C)C)ccc4O)c3)cc(Cc3cc(C(C)(C)C)ccc3O)c2O)c1. The van der Waals surface area contributed by atoms with Gasteiger partial charge in [0.25, 0.3) is 0 Å². The Hall–Kier alpha value is -6.66. The van der Waals surface area contributed by atoms with Crippen LogP contribution in [0.2, 0.25) is 0 Å². The van der Waals surface area contributed by atoms with Crippen LogP contribution in [-0.4, -0.2) is 30.6 Å². The monoisotopic (exact) mass is 939 g/mol. The van der Waals surface area contributed by atoms with Crippen LogP contribution in [0.4, 0.5) is 0 Å². The minimum absolute atomic E-state index is 0.0794. The highest BCUT2D eigenvalue weighted by Crippen LogP contribution is 2.46. The summed E-state index contributed by atoms with van der Waals surface area (Å²) in [4.78, 5) is 0. The molecule has 0 bridgehead atoms. The lowest BCUT2D eigenvalue weighted by Crippen LogP contribution is -2.26. The highest BCUT2D eigenvalue weighted by atomic mass is 16.3. The summed E-state index contributed by atoms with van der Waals surface area (Å²) >= 11 is 0. The average molecular weight is 939 g/mol. The van der Waals surface area contributed by atoms with Gasteiger partial charge >= 0.3 is 0 Å². The Morgan fingerprint density at radius 1 is 0.257 bits per heavy atom. The van der Waals surface area contributed by atoms with Crippen molar-refractivity contribution >= 4 is 0 Å². The van der Waals surface area contributed by atoms with Crippen molar-refractivity contribution in [2.45, 2.75) is 143 Å². The van der Waals surface area contributed by atoms with E-state index >= 15 is 0 Å². The summed E-state index contributed by atoms with van der Waals surface area (Å²) in [7, 11) is 0. The largest absolute Gasteiger partial charge is 0.508 e. The van der Waals surface area contributed by atoms with Gasteiger partial charge in [-0.25, -0.2) is 0 Å². The number of phenols is 6. The van der Waals surface area contributed by atoms with Gasteiger partial charge in [-0.3, -0.25) is 0 Å². The van der Waals surface area contributed by atoms with Crippen molar-refractivity contribution in [2.24, 2.45) is 0 Å². The Labute approximate surface area is 417 Å². The second kappa shape index (κ2) is 18.9. The Balaban J connectivity index is 1.53. The normalized spacial score (nSPS) is 12.6. The smallest absolute Gasteiger partial charge is 0.122 e. The van der Waals surface area contributed by atoms with E-state index in [2.05, 4.69) is 102 Å². The zero-order valence-corrected chi connectivity index (χ0v) is 43.6. The van der Waals surface area contributed by atoms with E-state index in [1.54, 1.807) is 24.3 Å². The van der Waals surface area contributed by atoms with E-state index in [1.807, 2.05) is 91.0 Å². The van der Waals surface area contributed by atoms with Gasteiger partial charge in [-0.2, -0.15) is 0 Å². The first-order chi connectivity index (χ1) is 32.5. The molecule has 7 rings (SSSR count). The molecule has 0 radical (unpaired) electrons. The van der Waals surface area contributed by atoms with E-state index in [1.165, 1.54) is 0 Å². The lowest BCUT2D eigenvalue weighted by atomic mass is 9.69. The van der Waals surface area contributed by atoms with Gasteiger partial charge in [-0.1, -0.05) is 186 Å². The standard InChI is InChI=1S/C64H74O6/c1-60(2,3)48-19-23-54(65)39(31-48)27-43-35-52(36-44(58(43)69)28-40-32-49(61(4,5)6)20-24-55(40)66)64(13,47-17-15-14-16-18-47)53-37-45(29-41-33-50(62(7,8)9)21-25-56(41)67)59(70)46(38-53)30-42-34-51(63(10,11)12)22-26-57(42)68/h14-26,31-38,65-70H,27-30H2,1-13H3. The topological polar surface area (TPSA) is 121 Å². The molecule has 0 saturated heterocycles. The molecule has 7 aromatic carbocycles. The predicted octanol–water partition coefficient (Wildman–Crippen LogP) is 14.8. The second-order valence-corrected chi connectivity index (χ2v) is 23.9. The van der Waals surface area contributed by atoms with E-state index in [4.69, 9.17) is 0 Å². The van der Waals surface area contributed by atoms with Crippen LogP contribution in [0, 0.1) is 0 Å². The number of rotatable bonds is 11. The molecule has 0 amide bonds. The Kier molecular flexibility index (Phi) is 13.8. The predicted molar refractivity (Wildman–Crippen MR) is 287 cm³/mol. The summed E-state index contributed by atoms with van der Waals surface area (Å²) in [5.41, 5.74) is 10.3. The Bertz CT molecular complexity index is 2680. The fraction of sp³-hybridized carbons (Fsp3) is 0.344. The summed E-state index contributed by atoms with van der Waals surface area (Å²) in [5.74, 6) is 0.681. The minimum Gasteiger partial charge on any atom is -0.508 e. The molecular weight excluding hydrogens is 865 g/mol. The minimum atomic E-state index is -0.954. The van der Waals surface area contributed by atoms with Crippen molar-refractivity contribution in [3.8, 4) is 34.5 Å². The first kappa shape index (κ1) is 51.2. The summed E-state index contributed by atoms with van der Waals surface area (Å²) < 4.78 is 0. The third-order valence-corrected chi connectivity index (χ3v) is 14.3. The van der Waals surface area contributed by atoms with E-state index in [-0.39, 0.29) is 81.8 Å². The van der Waals surface area contributed by atoms with Gasteiger partial charge in [0.2, 0.25) is 0 Å². The molecular formula is C64H74O6. The molecule has 0 aromatic heterocycles. The highest BCUT2D eigenvalue weighted by molar-refractivity contribution is 5.61. The fourth-order valence-corrected chi connectivity index (χ4v) is 9.50. The van der Waals surface area contributed by atoms with Crippen molar-refractivity contribution in [3.63, 3.8) is 0 Å². The van der Waals surface area contributed by atoms with Gasteiger partial charge in [0.1, 0.15) is 34.5 Å². The van der Waals surface area contributed by atoms with Crippen LogP contribution < -0.4 is 0 Å². The van der Waals surface area contributed by atoms with E-state index in [0.717, 1.165) is 38.9 Å². The average Bonchev–Trinajstić information content (AvgIpc) is 3.27. The van der Waals surface area contributed by atoms with Gasteiger partial charge < -0.3 is 30.6 Å². The van der Waals surface area contributed by atoms with Crippen LogP contribution in [0.15, 0.2) is 127 Å². The van der Waals surface area contributed by atoms with Crippen LogP contribution in [-0.2, 0) is 52.8 Å². The molecule has 0 aliphatic rings. The number of aromatic hydroxyl groups is 6. The number of hydrogen-bond acceptors (Lipinski definition) is 6. The van der Waals surface area contributed by atoms with Crippen LogP contribution in [0.5, 0.6) is 34.5 Å². The first-order valence-corrected chi connectivity index (χ1v) is 24.6. The van der Waals surface area contributed by atoms with Gasteiger partial charge in [0.15, 0.2) is 0 Å². The quantitative estimate of drug-likeness (QED) is 0.0719. The number of benzene rings is 7. The third-order valence-electron chi connectivity index (χ3n) is 14.3. The molecule has 0 saturated carbocycles. The number of phenolic OH excluding ortho intramolecular Hbond substituents is 6. The number of hydrogen-bond donors (Lipinski definition) is 6.